The molecule has 1 atom stereocenters. The predicted molar refractivity (Wildman–Crippen MR) is 137 cm³/mol. The maximum atomic E-state index is 13.6. The monoisotopic (exact) mass is 471 g/mol. The van der Waals surface area contributed by atoms with Crippen LogP contribution in [0.5, 0.6) is 0 Å². The summed E-state index contributed by atoms with van der Waals surface area (Å²) >= 11 is 0. The van der Waals surface area contributed by atoms with Gasteiger partial charge >= 0.3 is 0 Å². The molecule has 4 aromatic rings. The van der Waals surface area contributed by atoms with Gasteiger partial charge in [0.2, 0.25) is 0 Å². The van der Waals surface area contributed by atoms with Crippen molar-refractivity contribution in [1.29, 1.82) is 0 Å². The summed E-state index contributed by atoms with van der Waals surface area (Å²) in [6.07, 6.45) is 3.98. The van der Waals surface area contributed by atoms with Gasteiger partial charge in [-0.2, -0.15) is 0 Å². The lowest BCUT2D eigenvalue weighted by molar-refractivity contribution is 0.0677. The van der Waals surface area contributed by atoms with Crippen LogP contribution in [0, 0.1) is 5.82 Å². The second-order valence-electron chi connectivity index (χ2n) is 8.71. The van der Waals surface area contributed by atoms with Gasteiger partial charge in [0.05, 0.1) is 22.6 Å². The predicted octanol–water partition coefficient (Wildman–Crippen LogP) is 6.31. The Labute approximate surface area is 204 Å². The molecule has 5 nitrogen and oxygen atoms in total. The highest BCUT2D eigenvalue weighted by molar-refractivity contribution is 5.94. The Morgan fingerprint density at radius 1 is 0.943 bits per heavy atom. The zero-order valence-corrected chi connectivity index (χ0v) is 20.2. The fraction of sp³-hybridized carbons (Fsp3) is 0.276. The van der Waals surface area contributed by atoms with Crippen molar-refractivity contribution in [3.63, 3.8) is 0 Å². The van der Waals surface area contributed by atoms with E-state index >= 15 is 0 Å². The second-order valence-corrected chi connectivity index (χ2v) is 8.71. The van der Waals surface area contributed by atoms with E-state index in [-0.39, 0.29) is 11.5 Å². The van der Waals surface area contributed by atoms with Gasteiger partial charge in [-0.15, -0.1) is 0 Å². The van der Waals surface area contributed by atoms with Crippen LogP contribution in [0.1, 0.15) is 61.8 Å². The fourth-order valence-corrected chi connectivity index (χ4v) is 4.33. The van der Waals surface area contributed by atoms with Gasteiger partial charge in [-0.3, -0.25) is 14.2 Å². The molecule has 35 heavy (non-hydrogen) atoms. The van der Waals surface area contributed by atoms with Crippen molar-refractivity contribution in [3.05, 3.63) is 106 Å². The van der Waals surface area contributed by atoms with Crippen LogP contribution in [0.25, 0.3) is 16.6 Å². The van der Waals surface area contributed by atoms with Gasteiger partial charge in [-0.25, -0.2) is 9.37 Å². The summed E-state index contributed by atoms with van der Waals surface area (Å²) in [7, 11) is 0. The lowest BCUT2D eigenvalue weighted by Gasteiger charge is -2.31. The van der Waals surface area contributed by atoms with Gasteiger partial charge in [0, 0.05) is 12.1 Å². The number of carbonyl (C=O) groups is 1. The maximum absolute atomic E-state index is 13.6. The molecule has 0 N–H and O–H groups in total. The number of fused-ring (bicyclic) bond motifs is 1. The number of aromatic nitrogens is 2. The number of hydrogen-bond acceptors (Lipinski definition) is 3. The standard InChI is InChI=1S/C29H30FN3O2/c1-3-4-5-11-20-32(28(34)22-16-18-23(30)19-17-22)21(2)27-31-26-15-10-9-14-25(26)29(35)33(27)24-12-7-6-8-13-24/h6-10,12-19,21H,3-5,11,20H2,1-2H3. The highest BCUT2D eigenvalue weighted by atomic mass is 19.1. The van der Waals surface area contributed by atoms with Crippen LogP contribution in [0.3, 0.4) is 0 Å². The summed E-state index contributed by atoms with van der Waals surface area (Å²) in [6.45, 7) is 4.55. The third kappa shape index (κ3) is 5.32. The Morgan fingerprint density at radius 2 is 1.63 bits per heavy atom. The topological polar surface area (TPSA) is 55.2 Å². The number of unbranched alkanes of at least 4 members (excludes halogenated alkanes) is 3. The number of rotatable bonds is 9. The van der Waals surface area contributed by atoms with Crippen LogP contribution in [0.4, 0.5) is 4.39 Å². The Bertz CT molecular complexity index is 1350. The second kappa shape index (κ2) is 11.1. The zero-order valence-electron chi connectivity index (χ0n) is 20.2. The van der Waals surface area contributed by atoms with Crippen molar-refractivity contribution in [2.24, 2.45) is 0 Å². The molecule has 1 heterocycles. The highest BCUT2D eigenvalue weighted by Crippen LogP contribution is 2.25. The molecule has 0 saturated carbocycles. The number of halogens is 1. The first kappa shape index (κ1) is 24.3. The van der Waals surface area contributed by atoms with Crippen LogP contribution in [-0.2, 0) is 0 Å². The van der Waals surface area contributed by atoms with Crippen molar-refractivity contribution in [1.82, 2.24) is 14.5 Å². The third-order valence-electron chi connectivity index (χ3n) is 6.26. The van der Waals surface area contributed by atoms with E-state index in [0.29, 0.717) is 34.5 Å². The SMILES string of the molecule is CCCCCCN(C(=O)c1ccc(F)cc1)C(C)c1nc2ccccc2c(=O)n1-c1ccccc1. The van der Waals surface area contributed by atoms with Crippen molar-refractivity contribution >= 4 is 16.8 Å². The minimum Gasteiger partial charge on any atom is -0.329 e. The highest BCUT2D eigenvalue weighted by Gasteiger charge is 2.27. The lowest BCUT2D eigenvalue weighted by atomic mass is 10.1. The first-order valence-corrected chi connectivity index (χ1v) is 12.1. The normalized spacial score (nSPS) is 12.0. The van der Waals surface area contributed by atoms with Crippen LogP contribution in [0.2, 0.25) is 0 Å². The Morgan fingerprint density at radius 3 is 2.34 bits per heavy atom. The molecular formula is C29H30FN3O2. The molecule has 0 bridgehead atoms. The van der Waals surface area contributed by atoms with Crippen molar-refractivity contribution in [2.75, 3.05) is 6.54 Å². The minimum absolute atomic E-state index is 0.177. The molecule has 180 valence electrons. The van der Waals surface area contributed by atoms with E-state index in [9.17, 15) is 14.0 Å². The molecule has 0 aliphatic heterocycles. The first-order chi connectivity index (χ1) is 17.0. The lowest BCUT2D eigenvalue weighted by Crippen LogP contribution is -2.38. The van der Waals surface area contributed by atoms with Gasteiger partial charge in [0.15, 0.2) is 0 Å². The van der Waals surface area contributed by atoms with Crippen LogP contribution in [0.15, 0.2) is 83.7 Å². The van der Waals surface area contributed by atoms with Gasteiger partial charge in [0.25, 0.3) is 11.5 Å². The van der Waals surface area contributed by atoms with Crippen molar-refractivity contribution in [2.45, 2.75) is 45.6 Å². The zero-order chi connectivity index (χ0) is 24.8. The molecular weight excluding hydrogens is 441 g/mol. The van der Waals surface area contributed by atoms with E-state index in [2.05, 4.69) is 6.92 Å². The average molecular weight is 472 g/mol. The smallest absolute Gasteiger partial charge is 0.266 e. The van der Waals surface area contributed by atoms with Crippen molar-refractivity contribution < 1.29 is 9.18 Å². The van der Waals surface area contributed by atoms with E-state index in [4.69, 9.17) is 4.98 Å². The van der Waals surface area contributed by atoms with Gasteiger partial charge in [-0.05, 0) is 61.9 Å². The maximum Gasteiger partial charge on any atom is 0.266 e. The van der Waals surface area contributed by atoms with E-state index in [1.165, 1.54) is 24.3 Å². The van der Waals surface area contributed by atoms with Crippen LogP contribution >= 0.6 is 0 Å². The van der Waals surface area contributed by atoms with E-state index < -0.39 is 11.9 Å². The summed E-state index contributed by atoms with van der Waals surface area (Å²) < 4.78 is 15.1. The quantitative estimate of drug-likeness (QED) is 0.269. The average Bonchev–Trinajstić information content (AvgIpc) is 2.89. The molecule has 1 unspecified atom stereocenters. The number of nitrogens with zero attached hydrogens (tertiary/aromatic N) is 3. The molecule has 0 saturated heterocycles. The summed E-state index contributed by atoms with van der Waals surface area (Å²) in [5.41, 5.74) is 1.51. The first-order valence-electron chi connectivity index (χ1n) is 12.1. The Kier molecular flexibility index (Phi) is 7.70. The molecule has 3 aromatic carbocycles. The fourth-order valence-electron chi connectivity index (χ4n) is 4.33. The number of hydrogen-bond donors (Lipinski definition) is 0. The number of benzene rings is 3. The largest absolute Gasteiger partial charge is 0.329 e. The van der Waals surface area contributed by atoms with E-state index in [1.54, 1.807) is 15.5 Å². The van der Waals surface area contributed by atoms with Crippen LogP contribution in [-0.4, -0.2) is 26.9 Å². The van der Waals surface area contributed by atoms with E-state index in [0.717, 1.165) is 25.7 Å². The molecule has 0 radical (unpaired) electrons. The van der Waals surface area contributed by atoms with Crippen molar-refractivity contribution in [3.8, 4) is 5.69 Å². The summed E-state index contributed by atoms with van der Waals surface area (Å²) in [6, 6.07) is 21.7. The summed E-state index contributed by atoms with van der Waals surface area (Å²) in [4.78, 5) is 33.9. The van der Waals surface area contributed by atoms with E-state index in [1.807, 2.05) is 55.5 Å². The molecule has 0 aliphatic rings. The van der Waals surface area contributed by atoms with Gasteiger partial charge in [0.1, 0.15) is 11.6 Å². The molecule has 1 aromatic heterocycles. The third-order valence-corrected chi connectivity index (χ3v) is 6.26. The molecule has 0 fully saturated rings. The van der Waals surface area contributed by atoms with Gasteiger partial charge < -0.3 is 4.90 Å². The van der Waals surface area contributed by atoms with Gasteiger partial charge in [-0.1, -0.05) is 56.5 Å². The molecule has 0 aliphatic carbocycles. The Balaban J connectivity index is 1.83. The molecule has 0 spiro atoms. The number of amides is 1. The molecule has 1 amide bonds. The Hall–Kier alpha value is -3.80. The molecule has 4 rings (SSSR count). The number of carbonyl (C=O) groups excluding carboxylic acids is 1. The number of para-hydroxylation sites is 2. The minimum atomic E-state index is -0.494. The summed E-state index contributed by atoms with van der Waals surface area (Å²) in [5.74, 6) is -0.111. The molecule has 6 heteroatoms. The summed E-state index contributed by atoms with van der Waals surface area (Å²) in [5, 5.41) is 0.520. The van der Waals surface area contributed by atoms with Crippen LogP contribution < -0.4 is 5.56 Å².